The molecule has 0 atom stereocenters. The van der Waals surface area contributed by atoms with Crippen LogP contribution in [-0.2, 0) is 4.79 Å². The third-order valence-electron chi connectivity index (χ3n) is 4.40. The quantitative estimate of drug-likeness (QED) is 0.638. The number of carbonyl (C=O) groups excluding carboxylic acids is 3. The van der Waals surface area contributed by atoms with Crippen molar-refractivity contribution in [2.75, 3.05) is 11.9 Å². The van der Waals surface area contributed by atoms with Gasteiger partial charge in [-0.2, -0.15) is 0 Å². The monoisotopic (exact) mass is 406 g/mol. The minimum atomic E-state index is -0.519. The van der Waals surface area contributed by atoms with Crippen molar-refractivity contribution in [2.45, 2.75) is 0 Å². The first-order chi connectivity index (χ1) is 14.0. The Labute approximate surface area is 171 Å². The van der Waals surface area contributed by atoms with Crippen molar-refractivity contribution in [1.29, 1.82) is 0 Å². The number of carbonyl (C=O) groups is 3. The molecule has 0 fully saturated rings. The Morgan fingerprint density at radius 1 is 0.828 bits per heavy atom. The summed E-state index contributed by atoms with van der Waals surface area (Å²) in [5.74, 6) is -0.662. The van der Waals surface area contributed by atoms with Gasteiger partial charge in [0.15, 0.2) is 5.75 Å². The van der Waals surface area contributed by atoms with Crippen molar-refractivity contribution >= 4 is 35.0 Å². The average molecular weight is 407 g/mol. The molecule has 1 N–H and O–H groups in total. The van der Waals surface area contributed by atoms with Gasteiger partial charge in [0.25, 0.3) is 11.8 Å². The van der Waals surface area contributed by atoms with E-state index in [1.165, 1.54) is 0 Å². The molecule has 0 unspecified atom stereocenters. The van der Waals surface area contributed by atoms with Crippen LogP contribution in [-0.4, -0.2) is 29.2 Å². The van der Waals surface area contributed by atoms with Crippen molar-refractivity contribution in [1.82, 2.24) is 4.90 Å². The van der Waals surface area contributed by atoms with Gasteiger partial charge < -0.3 is 10.1 Å². The number of para-hydroxylation sites is 3. The molecule has 29 heavy (non-hydrogen) atoms. The molecule has 4 rings (SSSR count). The smallest absolute Gasteiger partial charge is 0.262 e. The minimum Gasteiger partial charge on any atom is -0.454 e. The van der Waals surface area contributed by atoms with Crippen LogP contribution in [0.1, 0.15) is 20.7 Å². The predicted octanol–water partition coefficient (Wildman–Crippen LogP) is 4.37. The third-order valence-corrected chi connectivity index (χ3v) is 4.71. The highest BCUT2D eigenvalue weighted by atomic mass is 35.5. The van der Waals surface area contributed by atoms with Gasteiger partial charge in [0.1, 0.15) is 12.3 Å². The molecule has 3 aromatic rings. The van der Waals surface area contributed by atoms with Gasteiger partial charge in [-0.3, -0.25) is 19.3 Å². The number of ether oxygens (including phenoxy) is 1. The fourth-order valence-electron chi connectivity index (χ4n) is 3.02. The van der Waals surface area contributed by atoms with E-state index in [4.69, 9.17) is 16.3 Å². The Balaban J connectivity index is 1.49. The van der Waals surface area contributed by atoms with E-state index >= 15 is 0 Å². The second-order valence-corrected chi connectivity index (χ2v) is 6.73. The van der Waals surface area contributed by atoms with Gasteiger partial charge in [-0.05, 0) is 36.4 Å². The summed E-state index contributed by atoms with van der Waals surface area (Å²) in [4.78, 5) is 38.3. The molecule has 1 aliphatic rings. The standard InChI is InChI=1S/C22H15ClN2O4/c23-16-9-3-5-11-18(16)29-19-12-6-4-10-17(19)24-20(26)13-25-21(27)14-7-1-2-8-15(14)22(25)28/h1-12H,13H2,(H,24,26). The highest BCUT2D eigenvalue weighted by Gasteiger charge is 2.36. The van der Waals surface area contributed by atoms with E-state index in [2.05, 4.69) is 5.32 Å². The van der Waals surface area contributed by atoms with E-state index in [1.54, 1.807) is 72.8 Å². The molecule has 0 spiro atoms. The number of halogens is 1. The Bertz CT molecular complexity index is 1090. The van der Waals surface area contributed by atoms with Gasteiger partial charge in [0, 0.05) is 0 Å². The Morgan fingerprint density at radius 2 is 1.38 bits per heavy atom. The van der Waals surface area contributed by atoms with Crippen molar-refractivity contribution in [2.24, 2.45) is 0 Å². The van der Waals surface area contributed by atoms with E-state index in [0.29, 0.717) is 33.3 Å². The lowest BCUT2D eigenvalue weighted by atomic mass is 10.1. The Morgan fingerprint density at radius 3 is 2.03 bits per heavy atom. The molecule has 0 aliphatic carbocycles. The maximum Gasteiger partial charge on any atom is 0.262 e. The normalized spacial score (nSPS) is 12.7. The summed E-state index contributed by atoms with van der Waals surface area (Å²) in [5, 5.41) is 3.12. The summed E-state index contributed by atoms with van der Waals surface area (Å²) in [7, 11) is 0. The van der Waals surface area contributed by atoms with Gasteiger partial charge in [0.05, 0.1) is 21.8 Å². The van der Waals surface area contributed by atoms with Crippen LogP contribution in [0.5, 0.6) is 11.5 Å². The molecule has 1 aliphatic heterocycles. The molecule has 0 saturated heterocycles. The van der Waals surface area contributed by atoms with Gasteiger partial charge in [-0.15, -0.1) is 0 Å². The van der Waals surface area contributed by atoms with Crippen molar-refractivity contribution in [3.05, 3.63) is 88.9 Å². The number of hydrogen-bond acceptors (Lipinski definition) is 4. The molecule has 144 valence electrons. The van der Waals surface area contributed by atoms with Gasteiger partial charge in [0.2, 0.25) is 5.91 Å². The predicted molar refractivity (Wildman–Crippen MR) is 108 cm³/mol. The molecule has 3 amide bonds. The van der Waals surface area contributed by atoms with E-state index < -0.39 is 24.3 Å². The van der Waals surface area contributed by atoms with Gasteiger partial charge in [-0.25, -0.2) is 0 Å². The minimum absolute atomic E-state index is 0.299. The molecular weight excluding hydrogens is 392 g/mol. The van der Waals surface area contributed by atoms with Gasteiger partial charge >= 0.3 is 0 Å². The summed E-state index contributed by atoms with van der Waals surface area (Å²) in [5.41, 5.74) is 0.995. The summed E-state index contributed by atoms with van der Waals surface area (Å²) in [6.45, 7) is -0.396. The first kappa shape index (κ1) is 18.7. The first-order valence-corrected chi connectivity index (χ1v) is 9.19. The molecule has 3 aromatic carbocycles. The summed E-state index contributed by atoms with van der Waals surface area (Å²) in [6.07, 6.45) is 0. The number of amides is 3. The SMILES string of the molecule is O=C(CN1C(=O)c2ccccc2C1=O)Nc1ccccc1Oc1ccccc1Cl. The number of rotatable bonds is 5. The van der Waals surface area contributed by atoms with Crippen LogP contribution in [0.15, 0.2) is 72.8 Å². The molecule has 6 nitrogen and oxygen atoms in total. The number of nitrogens with zero attached hydrogens (tertiary/aromatic N) is 1. The van der Waals surface area contributed by atoms with Crippen LogP contribution in [0.25, 0.3) is 0 Å². The van der Waals surface area contributed by atoms with Crippen LogP contribution in [0, 0.1) is 0 Å². The van der Waals surface area contributed by atoms with Crippen molar-refractivity contribution < 1.29 is 19.1 Å². The molecule has 0 radical (unpaired) electrons. The summed E-state index contributed by atoms with van der Waals surface area (Å²) < 4.78 is 5.81. The second-order valence-electron chi connectivity index (χ2n) is 6.32. The number of anilines is 1. The second kappa shape index (κ2) is 7.77. The average Bonchev–Trinajstić information content (AvgIpc) is 2.96. The van der Waals surface area contributed by atoms with E-state index in [0.717, 1.165) is 4.90 Å². The van der Waals surface area contributed by atoms with Crippen LogP contribution in [0.3, 0.4) is 0 Å². The zero-order chi connectivity index (χ0) is 20.4. The van der Waals surface area contributed by atoms with E-state index in [1.807, 2.05) is 0 Å². The van der Waals surface area contributed by atoms with Crippen molar-refractivity contribution in [3.63, 3.8) is 0 Å². The lowest BCUT2D eigenvalue weighted by Crippen LogP contribution is -2.37. The highest BCUT2D eigenvalue weighted by molar-refractivity contribution is 6.32. The third kappa shape index (κ3) is 3.70. The molecular formula is C22H15ClN2O4. The fraction of sp³-hybridized carbons (Fsp3) is 0.0455. The number of nitrogens with one attached hydrogen (secondary N) is 1. The Hall–Kier alpha value is -3.64. The van der Waals surface area contributed by atoms with Crippen LogP contribution >= 0.6 is 11.6 Å². The zero-order valence-corrected chi connectivity index (χ0v) is 15.8. The highest BCUT2D eigenvalue weighted by Crippen LogP contribution is 2.33. The molecule has 1 heterocycles. The maximum atomic E-state index is 12.5. The topological polar surface area (TPSA) is 75.7 Å². The number of fused-ring (bicyclic) bond motifs is 1. The number of imide groups is 1. The zero-order valence-electron chi connectivity index (χ0n) is 15.1. The molecule has 0 saturated carbocycles. The Kier molecular flexibility index (Phi) is 5.01. The molecule has 0 bridgehead atoms. The lowest BCUT2D eigenvalue weighted by molar-refractivity contribution is -0.116. The van der Waals surface area contributed by atoms with Crippen LogP contribution in [0.2, 0.25) is 5.02 Å². The van der Waals surface area contributed by atoms with Crippen molar-refractivity contribution in [3.8, 4) is 11.5 Å². The number of benzene rings is 3. The lowest BCUT2D eigenvalue weighted by Gasteiger charge is -2.16. The van der Waals surface area contributed by atoms with Crippen LogP contribution in [0.4, 0.5) is 5.69 Å². The van der Waals surface area contributed by atoms with E-state index in [-0.39, 0.29) is 0 Å². The summed E-state index contributed by atoms with van der Waals surface area (Å²) in [6, 6.07) is 20.3. The maximum absolute atomic E-state index is 12.5. The molecule has 7 heteroatoms. The van der Waals surface area contributed by atoms with Gasteiger partial charge in [-0.1, -0.05) is 48.0 Å². The fourth-order valence-corrected chi connectivity index (χ4v) is 3.20. The first-order valence-electron chi connectivity index (χ1n) is 8.81. The summed E-state index contributed by atoms with van der Waals surface area (Å²) >= 11 is 6.13. The molecule has 0 aromatic heterocycles. The van der Waals surface area contributed by atoms with Crippen LogP contribution < -0.4 is 10.1 Å². The largest absolute Gasteiger partial charge is 0.454 e. The van der Waals surface area contributed by atoms with E-state index in [9.17, 15) is 14.4 Å². The number of hydrogen-bond donors (Lipinski definition) is 1.